The summed E-state index contributed by atoms with van der Waals surface area (Å²) in [4.78, 5) is 0. The van der Waals surface area contributed by atoms with Gasteiger partial charge in [-0.25, -0.2) is 0 Å². The molecule has 0 fully saturated rings. The predicted molar refractivity (Wildman–Crippen MR) is 61.9 cm³/mol. The van der Waals surface area contributed by atoms with Crippen molar-refractivity contribution in [1.29, 1.82) is 0 Å². The van der Waals surface area contributed by atoms with Crippen LogP contribution in [0.3, 0.4) is 0 Å². The number of nitrogen functional groups attached to an aromatic ring is 1. The Labute approximate surface area is 102 Å². The van der Waals surface area contributed by atoms with Gasteiger partial charge >= 0.3 is 6.36 Å². The van der Waals surface area contributed by atoms with Gasteiger partial charge in [0.25, 0.3) is 0 Å². The second-order valence-corrected chi connectivity index (χ2v) is 3.60. The van der Waals surface area contributed by atoms with Crippen LogP contribution in [-0.4, -0.2) is 12.2 Å². The first-order valence-corrected chi connectivity index (χ1v) is 5.33. The van der Waals surface area contributed by atoms with Gasteiger partial charge in [0, 0.05) is 5.88 Å². The lowest BCUT2D eigenvalue weighted by Gasteiger charge is -2.11. The Kier molecular flexibility index (Phi) is 4.69. The molecule has 0 aliphatic heterocycles. The summed E-state index contributed by atoms with van der Waals surface area (Å²) in [5, 5.41) is 0. The molecule has 0 saturated heterocycles. The van der Waals surface area contributed by atoms with Crippen LogP contribution in [0.25, 0.3) is 6.08 Å². The zero-order valence-electron chi connectivity index (χ0n) is 8.80. The Hall–Kier alpha value is -1.36. The van der Waals surface area contributed by atoms with Gasteiger partial charge in [0.2, 0.25) is 0 Å². The van der Waals surface area contributed by atoms with Gasteiger partial charge in [-0.3, -0.25) is 0 Å². The fraction of sp³-hybridized carbons (Fsp3) is 0.273. The van der Waals surface area contributed by atoms with Crippen molar-refractivity contribution in [1.82, 2.24) is 0 Å². The van der Waals surface area contributed by atoms with Crippen LogP contribution in [0.5, 0.6) is 5.75 Å². The number of ether oxygens (including phenoxy) is 1. The van der Waals surface area contributed by atoms with Gasteiger partial charge in [-0.15, -0.1) is 24.8 Å². The van der Waals surface area contributed by atoms with Crippen LogP contribution in [0.4, 0.5) is 18.9 Å². The molecule has 0 bridgehead atoms. The Morgan fingerprint density at radius 1 is 1.35 bits per heavy atom. The molecule has 0 radical (unpaired) electrons. The standard InChI is InChI=1S/C11H11ClF3NO/c12-6-2-1-3-8-4-5-9(16)10(7-8)17-11(13,14)15/h1,3-5,7H,2,6,16H2. The Balaban J connectivity index is 2.87. The molecule has 0 heterocycles. The summed E-state index contributed by atoms with van der Waals surface area (Å²) in [6.07, 6.45) is -0.686. The van der Waals surface area contributed by atoms with Crippen LogP contribution in [-0.2, 0) is 0 Å². The zero-order chi connectivity index (χ0) is 12.9. The number of rotatable bonds is 4. The monoisotopic (exact) mass is 265 g/mol. The van der Waals surface area contributed by atoms with E-state index in [0.717, 1.165) is 0 Å². The van der Waals surface area contributed by atoms with E-state index in [0.29, 0.717) is 17.9 Å². The minimum absolute atomic E-state index is 0.0585. The van der Waals surface area contributed by atoms with E-state index in [9.17, 15) is 13.2 Å². The van der Waals surface area contributed by atoms with Crippen LogP contribution < -0.4 is 10.5 Å². The predicted octanol–water partition coefficient (Wildman–Crippen LogP) is 3.81. The van der Waals surface area contributed by atoms with E-state index >= 15 is 0 Å². The first-order chi connectivity index (χ1) is 7.92. The van der Waals surface area contributed by atoms with Crippen molar-refractivity contribution in [3.63, 3.8) is 0 Å². The van der Waals surface area contributed by atoms with Crippen molar-refractivity contribution < 1.29 is 17.9 Å². The molecule has 17 heavy (non-hydrogen) atoms. The van der Waals surface area contributed by atoms with Gasteiger partial charge in [-0.1, -0.05) is 18.2 Å². The molecule has 0 saturated carbocycles. The first-order valence-electron chi connectivity index (χ1n) is 4.80. The SMILES string of the molecule is Nc1ccc(C=CCCCl)cc1OC(F)(F)F. The molecule has 6 heteroatoms. The number of nitrogens with two attached hydrogens (primary N) is 1. The third-order valence-electron chi connectivity index (χ3n) is 1.85. The second kappa shape index (κ2) is 5.82. The van der Waals surface area contributed by atoms with Crippen molar-refractivity contribution in [3.05, 3.63) is 29.8 Å². The van der Waals surface area contributed by atoms with Gasteiger partial charge in [-0.05, 0) is 24.1 Å². The number of hydrogen-bond acceptors (Lipinski definition) is 2. The first kappa shape index (κ1) is 13.7. The lowest BCUT2D eigenvalue weighted by Crippen LogP contribution is -2.18. The lowest BCUT2D eigenvalue weighted by molar-refractivity contribution is -0.274. The van der Waals surface area contributed by atoms with Crippen molar-refractivity contribution in [2.75, 3.05) is 11.6 Å². The highest BCUT2D eigenvalue weighted by Gasteiger charge is 2.31. The van der Waals surface area contributed by atoms with E-state index in [1.165, 1.54) is 12.1 Å². The van der Waals surface area contributed by atoms with Gasteiger partial charge in [-0.2, -0.15) is 0 Å². The van der Waals surface area contributed by atoms with Gasteiger partial charge < -0.3 is 10.5 Å². The summed E-state index contributed by atoms with van der Waals surface area (Å²) >= 11 is 5.47. The van der Waals surface area contributed by atoms with Gasteiger partial charge in [0.05, 0.1) is 5.69 Å². The van der Waals surface area contributed by atoms with Crippen molar-refractivity contribution in [3.8, 4) is 5.75 Å². The summed E-state index contributed by atoms with van der Waals surface area (Å²) < 4.78 is 39.9. The van der Waals surface area contributed by atoms with E-state index in [1.54, 1.807) is 18.2 Å². The quantitative estimate of drug-likeness (QED) is 0.664. The molecular formula is C11H11ClF3NO. The molecule has 0 atom stereocenters. The van der Waals surface area contributed by atoms with Gasteiger partial charge in [0.1, 0.15) is 0 Å². The summed E-state index contributed by atoms with van der Waals surface area (Å²) in [6.45, 7) is 0. The second-order valence-electron chi connectivity index (χ2n) is 3.23. The van der Waals surface area contributed by atoms with Crippen LogP contribution >= 0.6 is 11.6 Å². The maximum atomic E-state index is 12.0. The van der Waals surface area contributed by atoms with Crippen molar-refractivity contribution >= 4 is 23.4 Å². The highest BCUT2D eigenvalue weighted by molar-refractivity contribution is 6.17. The molecule has 2 nitrogen and oxygen atoms in total. The Morgan fingerprint density at radius 3 is 2.65 bits per heavy atom. The minimum atomic E-state index is -4.74. The highest BCUT2D eigenvalue weighted by Crippen LogP contribution is 2.29. The topological polar surface area (TPSA) is 35.2 Å². The van der Waals surface area contributed by atoms with E-state index in [-0.39, 0.29) is 5.69 Å². The van der Waals surface area contributed by atoms with E-state index in [2.05, 4.69) is 4.74 Å². The van der Waals surface area contributed by atoms with Gasteiger partial charge in [0.15, 0.2) is 5.75 Å². The number of hydrogen-bond donors (Lipinski definition) is 1. The molecule has 2 N–H and O–H groups in total. The summed E-state index contributed by atoms with van der Waals surface area (Å²) in [5.74, 6) is 0.0581. The van der Waals surface area contributed by atoms with Crippen LogP contribution in [0.15, 0.2) is 24.3 Å². The molecule has 1 aromatic carbocycles. The third kappa shape index (κ3) is 4.99. The number of allylic oxidation sites excluding steroid dienone is 1. The molecule has 1 aromatic rings. The minimum Gasteiger partial charge on any atom is -0.404 e. The molecule has 1 rings (SSSR count). The molecular weight excluding hydrogens is 255 g/mol. The Bertz CT molecular complexity index is 404. The lowest BCUT2D eigenvalue weighted by atomic mass is 10.1. The number of anilines is 1. The molecule has 0 aliphatic carbocycles. The van der Waals surface area contributed by atoms with E-state index < -0.39 is 12.1 Å². The molecule has 94 valence electrons. The van der Waals surface area contributed by atoms with Crippen molar-refractivity contribution in [2.45, 2.75) is 12.8 Å². The largest absolute Gasteiger partial charge is 0.573 e. The molecule has 0 spiro atoms. The summed E-state index contributed by atoms with van der Waals surface area (Å²) in [6, 6.07) is 4.19. The van der Waals surface area contributed by atoms with Crippen molar-refractivity contribution in [2.24, 2.45) is 0 Å². The fourth-order valence-electron chi connectivity index (χ4n) is 1.15. The van der Waals surface area contributed by atoms with Crippen LogP contribution in [0, 0.1) is 0 Å². The fourth-order valence-corrected chi connectivity index (χ4v) is 1.28. The average Bonchev–Trinajstić information content (AvgIpc) is 2.21. The smallest absolute Gasteiger partial charge is 0.404 e. The summed E-state index contributed by atoms with van der Waals surface area (Å²) in [5.41, 5.74) is 5.90. The number of alkyl halides is 4. The van der Waals surface area contributed by atoms with E-state index in [4.69, 9.17) is 17.3 Å². The van der Waals surface area contributed by atoms with Crippen LogP contribution in [0.2, 0.25) is 0 Å². The third-order valence-corrected chi connectivity index (χ3v) is 2.07. The summed E-state index contributed by atoms with van der Waals surface area (Å²) in [7, 11) is 0. The average molecular weight is 266 g/mol. The molecule has 0 amide bonds. The number of halogens is 4. The van der Waals surface area contributed by atoms with Crippen LogP contribution in [0.1, 0.15) is 12.0 Å². The zero-order valence-corrected chi connectivity index (χ0v) is 9.55. The molecule has 0 aromatic heterocycles. The van der Waals surface area contributed by atoms with E-state index in [1.807, 2.05) is 0 Å². The maximum Gasteiger partial charge on any atom is 0.573 e. The maximum absolute atomic E-state index is 12.0. The molecule has 0 aliphatic rings. The number of benzene rings is 1. The molecule has 0 unspecified atom stereocenters. The normalized spacial score (nSPS) is 12.0. The highest BCUT2D eigenvalue weighted by atomic mass is 35.5. The Morgan fingerprint density at radius 2 is 2.06 bits per heavy atom.